The Labute approximate surface area is 118 Å². The van der Waals surface area contributed by atoms with Crippen LogP contribution in [0, 0.1) is 13.8 Å². The fourth-order valence-electron chi connectivity index (χ4n) is 2.40. The molecule has 1 aromatic carbocycles. The monoisotopic (exact) mass is 263 g/mol. The average Bonchev–Trinajstić information content (AvgIpc) is 2.39. The highest BCUT2D eigenvalue weighted by atomic mass is 16.5. The minimum Gasteiger partial charge on any atom is -0.494 e. The zero-order valence-electron chi connectivity index (χ0n) is 13.0. The molecule has 108 valence electrons. The minimum atomic E-state index is 0.354. The van der Waals surface area contributed by atoms with E-state index >= 15 is 0 Å². The van der Waals surface area contributed by atoms with Crippen molar-refractivity contribution in [1.29, 1.82) is 0 Å². The number of nitrogens with two attached hydrogens (primary N) is 1. The second kappa shape index (κ2) is 8.21. The van der Waals surface area contributed by atoms with Crippen molar-refractivity contribution in [2.24, 2.45) is 5.73 Å². The third-order valence-electron chi connectivity index (χ3n) is 3.67. The molecule has 0 amide bonds. The molecule has 0 spiro atoms. The molecule has 2 N–H and O–H groups in total. The van der Waals surface area contributed by atoms with E-state index < -0.39 is 0 Å². The van der Waals surface area contributed by atoms with Gasteiger partial charge in [0.15, 0.2) is 0 Å². The van der Waals surface area contributed by atoms with Gasteiger partial charge in [-0.2, -0.15) is 0 Å². The van der Waals surface area contributed by atoms with Crippen LogP contribution in [-0.4, -0.2) is 12.6 Å². The molecule has 1 aromatic rings. The topological polar surface area (TPSA) is 35.2 Å². The second-order valence-corrected chi connectivity index (χ2v) is 5.44. The molecule has 0 saturated heterocycles. The van der Waals surface area contributed by atoms with Gasteiger partial charge < -0.3 is 10.5 Å². The lowest BCUT2D eigenvalue weighted by Gasteiger charge is -2.14. The summed E-state index contributed by atoms with van der Waals surface area (Å²) < 4.78 is 5.71. The van der Waals surface area contributed by atoms with E-state index in [0.717, 1.165) is 38.0 Å². The highest BCUT2D eigenvalue weighted by Crippen LogP contribution is 2.23. The quantitative estimate of drug-likeness (QED) is 0.764. The summed E-state index contributed by atoms with van der Waals surface area (Å²) in [7, 11) is 0. The SMILES string of the molecule is CCCOc1cc(C)c(CCCC(N)CC)c(C)c1. The fraction of sp³-hybridized carbons (Fsp3) is 0.647. The molecule has 0 aromatic heterocycles. The van der Waals surface area contributed by atoms with Gasteiger partial charge in [0.25, 0.3) is 0 Å². The first-order valence-electron chi connectivity index (χ1n) is 7.57. The summed E-state index contributed by atoms with van der Waals surface area (Å²) in [6.45, 7) is 9.44. The Bertz CT molecular complexity index is 364. The molecule has 0 aliphatic carbocycles. The molecule has 0 aliphatic heterocycles. The first kappa shape index (κ1) is 16.0. The summed E-state index contributed by atoms with van der Waals surface area (Å²) in [5.41, 5.74) is 10.1. The fourth-order valence-corrected chi connectivity index (χ4v) is 2.40. The van der Waals surface area contributed by atoms with Gasteiger partial charge in [-0.1, -0.05) is 13.8 Å². The second-order valence-electron chi connectivity index (χ2n) is 5.44. The lowest BCUT2D eigenvalue weighted by molar-refractivity contribution is 0.317. The van der Waals surface area contributed by atoms with Crippen LogP contribution in [0.3, 0.4) is 0 Å². The number of hydrogen-bond donors (Lipinski definition) is 1. The summed E-state index contributed by atoms with van der Waals surface area (Å²) in [5.74, 6) is 1.01. The predicted molar refractivity (Wildman–Crippen MR) is 82.9 cm³/mol. The maximum absolute atomic E-state index is 5.97. The molecule has 1 unspecified atom stereocenters. The van der Waals surface area contributed by atoms with E-state index in [1.165, 1.54) is 23.1 Å². The van der Waals surface area contributed by atoms with Gasteiger partial charge in [-0.05, 0) is 74.8 Å². The van der Waals surface area contributed by atoms with E-state index in [1.54, 1.807) is 0 Å². The van der Waals surface area contributed by atoms with Crippen LogP contribution in [-0.2, 0) is 6.42 Å². The summed E-state index contributed by atoms with van der Waals surface area (Å²) in [6.07, 6.45) is 5.53. The van der Waals surface area contributed by atoms with Gasteiger partial charge in [0, 0.05) is 6.04 Å². The summed E-state index contributed by atoms with van der Waals surface area (Å²) >= 11 is 0. The zero-order chi connectivity index (χ0) is 14.3. The van der Waals surface area contributed by atoms with E-state index in [-0.39, 0.29) is 0 Å². The van der Waals surface area contributed by atoms with Crippen LogP contribution >= 0.6 is 0 Å². The van der Waals surface area contributed by atoms with Gasteiger partial charge in [-0.15, -0.1) is 0 Å². The number of rotatable bonds is 8. The van der Waals surface area contributed by atoms with Crippen LogP contribution in [0.2, 0.25) is 0 Å². The van der Waals surface area contributed by atoms with Crippen molar-refractivity contribution >= 4 is 0 Å². The third kappa shape index (κ3) is 5.23. The smallest absolute Gasteiger partial charge is 0.119 e. The van der Waals surface area contributed by atoms with E-state index in [2.05, 4.69) is 39.8 Å². The van der Waals surface area contributed by atoms with Crippen molar-refractivity contribution in [2.45, 2.75) is 65.8 Å². The first-order chi connectivity index (χ1) is 9.08. The van der Waals surface area contributed by atoms with Crippen LogP contribution in [0.25, 0.3) is 0 Å². The van der Waals surface area contributed by atoms with Crippen LogP contribution in [0.4, 0.5) is 0 Å². The molecule has 0 heterocycles. The van der Waals surface area contributed by atoms with Gasteiger partial charge in [0.2, 0.25) is 0 Å². The van der Waals surface area contributed by atoms with Crippen molar-refractivity contribution in [1.82, 2.24) is 0 Å². The van der Waals surface area contributed by atoms with Crippen LogP contribution < -0.4 is 10.5 Å². The van der Waals surface area contributed by atoms with Crippen molar-refractivity contribution in [3.8, 4) is 5.75 Å². The Morgan fingerprint density at radius 1 is 1.16 bits per heavy atom. The number of hydrogen-bond acceptors (Lipinski definition) is 2. The van der Waals surface area contributed by atoms with Crippen molar-refractivity contribution in [3.05, 3.63) is 28.8 Å². The molecule has 1 rings (SSSR count). The number of ether oxygens (including phenoxy) is 1. The van der Waals surface area contributed by atoms with Crippen LogP contribution in [0.15, 0.2) is 12.1 Å². The highest BCUT2D eigenvalue weighted by molar-refractivity contribution is 5.41. The summed E-state index contributed by atoms with van der Waals surface area (Å²) in [4.78, 5) is 0. The molecule has 0 saturated carbocycles. The molecular formula is C17H29NO. The van der Waals surface area contributed by atoms with Crippen LogP contribution in [0.1, 0.15) is 56.2 Å². The van der Waals surface area contributed by atoms with E-state index in [0.29, 0.717) is 6.04 Å². The van der Waals surface area contributed by atoms with Gasteiger partial charge >= 0.3 is 0 Å². The Balaban J connectivity index is 2.63. The minimum absolute atomic E-state index is 0.354. The van der Waals surface area contributed by atoms with Crippen molar-refractivity contribution in [2.75, 3.05) is 6.61 Å². The molecular weight excluding hydrogens is 234 g/mol. The summed E-state index contributed by atoms with van der Waals surface area (Å²) in [5, 5.41) is 0. The number of aryl methyl sites for hydroxylation is 2. The van der Waals surface area contributed by atoms with Gasteiger partial charge in [-0.3, -0.25) is 0 Å². The molecule has 2 nitrogen and oxygen atoms in total. The molecule has 0 bridgehead atoms. The first-order valence-corrected chi connectivity index (χ1v) is 7.57. The van der Waals surface area contributed by atoms with Gasteiger partial charge in [0.1, 0.15) is 5.75 Å². The maximum atomic E-state index is 5.97. The Kier molecular flexibility index (Phi) is 6.93. The number of benzene rings is 1. The van der Waals surface area contributed by atoms with Gasteiger partial charge in [-0.25, -0.2) is 0 Å². The largest absolute Gasteiger partial charge is 0.494 e. The molecule has 0 radical (unpaired) electrons. The zero-order valence-corrected chi connectivity index (χ0v) is 13.0. The van der Waals surface area contributed by atoms with E-state index in [9.17, 15) is 0 Å². The van der Waals surface area contributed by atoms with E-state index in [1.807, 2.05) is 0 Å². The highest BCUT2D eigenvalue weighted by Gasteiger charge is 2.07. The van der Waals surface area contributed by atoms with E-state index in [4.69, 9.17) is 10.5 Å². The normalized spacial score (nSPS) is 12.5. The molecule has 1 atom stereocenters. The lowest BCUT2D eigenvalue weighted by atomic mass is 9.96. The van der Waals surface area contributed by atoms with Gasteiger partial charge in [0.05, 0.1) is 6.61 Å². The van der Waals surface area contributed by atoms with Crippen molar-refractivity contribution < 1.29 is 4.74 Å². The van der Waals surface area contributed by atoms with Crippen LogP contribution in [0.5, 0.6) is 5.75 Å². The average molecular weight is 263 g/mol. The Morgan fingerprint density at radius 3 is 2.32 bits per heavy atom. The Hall–Kier alpha value is -1.02. The van der Waals surface area contributed by atoms with Crippen molar-refractivity contribution in [3.63, 3.8) is 0 Å². The molecule has 2 heteroatoms. The third-order valence-corrected chi connectivity index (χ3v) is 3.67. The maximum Gasteiger partial charge on any atom is 0.119 e. The molecule has 0 fully saturated rings. The lowest BCUT2D eigenvalue weighted by Crippen LogP contribution is -2.18. The standard InChI is InChI=1S/C17H29NO/c1-5-10-19-16-11-13(3)17(14(4)12-16)9-7-8-15(18)6-2/h11-12,15H,5-10,18H2,1-4H3. The Morgan fingerprint density at radius 2 is 1.79 bits per heavy atom. The molecule has 19 heavy (non-hydrogen) atoms. The molecule has 0 aliphatic rings. The predicted octanol–water partition coefficient (Wildman–Crippen LogP) is 4.15. The summed E-state index contributed by atoms with van der Waals surface area (Å²) in [6, 6.07) is 4.68.